The van der Waals surface area contributed by atoms with Gasteiger partial charge in [-0.1, -0.05) is 37.3 Å². The van der Waals surface area contributed by atoms with Crippen LogP contribution in [0.1, 0.15) is 48.9 Å². The van der Waals surface area contributed by atoms with Gasteiger partial charge in [0.25, 0.3) is 5.91 Å². The first-order chi connectivity index (χ1) is 11.1. The van der Waals surface area contributed by atoms with Gasteiger partial charge in [-0.25, -0.2) is 4.98 Å². The molecule has 0 aromatic carbocycles. The zero-order chi connectivity index (χ0) is 16.7. The number of nitrogens with zero attached hydrogens (tertiary/aromatic N) is 2. The second kappa shape index (κ2) is 7.93. The van der Waals surface area contributed by atoms with Crippen LogP contribution in [-0.4, -0.2) is 28.9 Å². The summed E-state index contributed by atoms with van der Waals surface area (Å²) in [6.07, 6.45) is 6.30. The molecule has 0 atom stereocenters. The molecule has 6 nitrogen and oxygen atoms in total. The minimum atomic E-state index is -0.968. The molecule has 2 amide bonds. The van der Waals surface area contributed by atoms with Crippen LogP contribution < -0.4 is 10.6 Å². The van der Waals surface area contributed by atoms with Gasteiger partial charge in [-0.3, -0.25) is 9.59 Å². The Labute approximate surface area is 140 Å². The Morgan fingerprint density at radius 2 is 1.96 bits per heavy atom. The zero-order valence-corrected chi connectivity index (χ0v) is 13.5. The summed E-state index contributed by atoms with van der Waals surface area (Å²) in [5.74, 6) is -0.653. The van der Waals surface area contributed by atoms with Crippen molar-refractivity contribution in [1.29, 1.82) is 5.26 Å². The van der Waals surface area contributed by atoms with E-state index in [-0.39, 0.29) is 18.4 Å². The van der Waals surface area contributed by atoms with E-state index in [0.29, 0.717) is 23.6 Å². The number of carbonyl (C=O) groups is 2. The van der Waals surface area contributed by atoms with Crippen molar-refractivity contribution >= 4 is 23.4 Å². The van der Waals surface area contributed by atoms with Gasteiger partial charge in [0.15, 0.2) is 0 Å². The molecular weight excluding hydrogens is 316 g/mol. The average molecular weight is 335 g/mol. The van der Waals surface area contributed by atoms with Crippen LogP contribution in [0.3, 0.4) is 0 Å². The molecule has 0 bridgehead atoms. The molecule has 1 aliphatic carbocycles. The van der Waals surface area contributed by atoms with Crippen LogP contribution in [-0.2, 0) is 4.79 Å². The standard InChI is InChI=1S/C16H19ClN4O2/c17-13-6-5-12(11-20-13)14(22)21-16(15(23)19-10-9-18)7-3-1-2-4-8-16/h5-6,11H,1-4,7-8,10H2,(H,19,23)(H,21,22). The number of pyridine rings is 1. The van der Waals surface area contributed by atoms with E-state index in [1.54, 1.807) is 6.07 Å². The summed E-state index contributed by atoms with van der Waals surface area (Å²) < 4.78 is 0. The van der Waals surface area contributed by atoms with Gasteiger partial charge in [0.2, 0.25) is 5.91 Å². The van der Waals surface area contributed by atoms with Crippen molar-refractivity contribution < 1.29 is 9.59 Å². The Balaban J connectivity index is 2.19. The predicted molar refractivity (Wildman–Crippen MR) is 85.8 cm³/mol. The first-order valence-electron chi connectivity index (χ1n) is 7.67. The first kappa shape index (κ1) is 17.2. The van der Waals surface area contributed by atoms with E-state index in [0.717, 1.165) is 25.7 Å². The van der Waals surface area contributed by atoms with Crippen LogP contribution in [0, 0.1) is 11.3 Å². The molecule has 7 heteroatoms. The number of rotatable bonds is 4. The molecule has 1 heterocycles. The maximum Gasteiger partial charge on any atom is 0.253 e. The summed E-state index contributed by atoms with van der Waals surface area (Å²) in [6.45, 7) is -0.0705. The Morgan fingerprint density at radius 3 is 2.52 bits per heavy atom. The van der Waals surface area contributed by atoms with Gasteiger partial charge in [0.1, 0.15) is 17.2 Å². The third-order valence-electron chi connectivity index (χ3n) is 4.06. The van der Waals surface area contributed by atoms with Gasteiger partial charge in [0.05, 0.1) is 11.6 Å². The topological polar surface area (TPSA) is 94.9 Å². The monoisotopic (exact) mass is 334 g/mol. The van der Waals surface area contributed by atoms with Crippen molar-refractivity contribution in [1.82, 2.24) is 15.6 Å². The normalized spacial score (nSPS) is 16.7. The lowest BCUT2D eigenvalue weighted by molar-refractivity contribution is -0.127. The second-order valence-corrected chi connectivity index (χ2v) is 6.05. The highest BCUT2D eigenvalue weighted by Crippen LogP contribution is 2.28. The van der Waals surface area contributed by atoms with Gasteiger partial charge < -0.3 is 10.6 Å². The molecule has 1 saturated carbocycles. The SMILES string of the molecule is N#CCNC(=O)C1(NC(=O)c2ccc(Cl)nc2)CCCCCC1. The van der Waals surface area contributed by atoms with E-state index in [2.05, 4.69) is 15.6 Å². The van der Waals surface area contributed by atoms with Gasteiger partial charge >= 0.3 is 0 Å². The fourth-order valence-electron chi connectivity index (χ4n) is 2.83. The fourth-order valence-corrected chi connectivity index (χ4v) is 2.94. The van der Waals surface area contributed by atoms with Gasteiger partial charge in [-0.2, -0.15) is 5.26 Å². The van der Waals surface area contributed by atoms with Crippen molar-refractivity contribution in [3.63, 3.8) is 0 Å². The van der Waals surface area contributed by atoms with Crippen LogP contribution in [0.25, 0.3) is 0 Å². The molecule has 1 fully saturated rings. The molecular formula is C16H19ClN4O2. The van der Waals surface area contributed by atoms with Gasteiger partial charge in [0, 0.05) is 6.20 Å². The minimum absolute atomic E-state index is 0.0705. The molecule has 23 heavy (non-hydrogen) atoms. The van der Waals surface area contributed by atoms with E-state index < -0.39 is 5.54 Å². The van der Waals surface area contributed by atoms with Crippen molar-refractivity contribution in [3.05, 3.63) is 29.0 Å². The lowest BCUT2D eigenvalue weighted by Crippen LogP contribution is -2.58. The number of carbonyl (C=O) groups excluding carboxylic acids is 2. The van der Waals surface area contributed by atoms with E-state index in [9.17, 15) is 9.59 Å². The summed E-state index contributed by atoms with van der Waals surface area (Å²) in [6, 6.07) is 5.00. The number of hydrogen-bond acceptors (Lipinski definition) is 4. The number of hydrogen-bond donors (Lipinski definition) is 2. The summed E-state index contributed by atoms with van der Waals surface area (Å²) in [5, 5.41) is 14.4. The first-order valence-corrected chi connectivity index (χ1v) is 8.04. The van der Waals surface area contributed by atoms with Crippen molar-refractivity contribution in [3.8, 4) is 6.07 Å². The molecule has 1 aliphatic rings. The fraction of sp³-hybridized carbons (Fsp3) is 0.500. The average Bonchev–Trinajstić information content (AvgIpc) is 2.79. The summed E-state index contributed by atoms with van der Waals surface area (Å²) in [4.78, 5) is 28.9. The molecule has 2 rings (SSSR count). The van der Waals surface area contributed by atoms with Crippen LogP contribution >= 0.6 is 11.6 Å². The van der Waals surface area contributed by atoms with E-state index in [4.69, 9.17) is 16.9 Å². The molecule has 122 valence electrons. The number of nitriles is 1. The van der Waals surface area contributed by atoms with E-state index in [1.165, 1.54) is 12.3 Å². The number of aromatic nitrogens is 1. The maximum atomic E-state index is 12.5. The molecule has 0 radical (unpaired) electrons. The lowest BCUT2D eigenvalue weighted by atomic mass is 9.88. The Morgan fingerprint density at radius 1 is 1.26 bits per heavy atom. The van der Waals surface area contributed by atoms with Crippen molar-refractivity contribution in [2.75, 3.05) is 6.54 Å². The summed E-state index contributed by atoms with van der Waals surface area (Å²) in [7, 11) is 0. The second-order valence-electron chi connectivity index (χ2n) is 5.66. The van der Waals surface area contributed by atoms with E-state index in [1.807, 2.05) is 6.07 Å². The molecule has 0 unspecified atom stereocenters. The van der Waals surface area contributed by atoms with Gasteiger partial charge in [-0.05, 0) is 25.0 Å². The van der Waals surface area contributed by atoms with Crippen molar-refractivity contribution in [2.24, 2.45) is 0 Å². The Bertz CT molecular complexity index is 602. The highest BCUT2D eigenvalue weighted by atomic mass is 35.5. The predicted octanol–water partition coefficient (Wildman–Crippen LogP) is 2.20. The number of halogens is 1. The quantitative estimate of drug-likeness (QED) is 0.501. The minimum Gasteiger partial charge on any atom is -0.341 e. The van der Waals surface area contributed by atoms with Crippen LogP contribution in [0.2, 0.25) is 5.15 Å². The molecule has 0 spiro atoms. The third kappa shape index (κ3) is 4.42. The zero-order valence-electron chi connectivity index (χ0n) is 12.8. The lowest BCUT2D eigenvalue weighted by Gasteiger charge is -2.32. The van der Waals surface area contributed by atoms with Crippen LogP contribution in [0.4, 0.5) is 0 Å². The molecule has 1 aromatic rings. The Hall–Kier alpha value is -2.13. The highest BCUT2D eigenvalue weighted by Gasteiger charge is 2.40. The molecule has 1 aromatic heterocycles. The Kier molecular flexibility index (Phi) is 5.94. The summed E-state index contributed by atoms with van der Waals surface area (Å²) in [5.41, 5.74) is -0.615. The summed E-state index contributed by atoms with van der Waals surface area (Å²) >= 11 is 5.73. The van der Waals surface area contributed by atoms with Crippen LogP contribution in [0.5, 0.6) is 0 Å². The smallest absolute Gasteiger partial charge is 0.253 e. The van der Waals surface area contributed by atoms with Crippen molar-refractivity contribution in [2.45, 2.75) is 44.1 Å². The maximum absolute atomic E-state index is 12.5. The number of amides is 2. The number of nitrogens with one attached hydrogen (secondary N) is 2. The van der Waals surface area contributed by atoms with Gasteiger partial charge in [-0.15, -0.1) is 0 Å². The molecule has 0 aliphatic heterocycles. The molecule has 2 N–H and O–H groups in total. The highest BCUT2D eigenvalue weighted by molar-refractivity contribution is 6.29. The molecule has 0 saturated heterocycles. The third-order valence-corrected chi connectivity index (χ3v) is 4.29. The van der Waals surface area contributed by atoms with E-state index >= 15 is 0 Å². The largest absolute Gasteiger partial charge is 0.341 e. The van der Waals surface area contributed by atoms with Crippen LogP contribution in [0.15, 0.2) is 18.3 Å².